The third kappa shape index (κ3) is 6.54. The Morgan fingerprint density at radius 2 is 1.20 bits per heavy atom. The number of benzene rings is 8. The van der Waals surface area contributed by atoms with Gasteiger partial charge in [0.05, 0.1) is 28.1 Å². The van der Waals surface area contributed by atoms with Gasteiger partial charge in [-0.1, -0.05) is 130 Å². The zero-order valence-corrected chi connectivity index (χ0v) is 38.5. The fourth-order valence-corrected chi connectivity index (χ4v) is 11.5. The van der Waals surface area contributed by atoms with Crippen molar-refractivity contribution in [3.05, 3.63) is 205 Å². The number of aryl methyl sites for hydroxylation is 2. The van der Waals surface area contributed by atoms with Crippen molar-refractivity contribution in [3.63, 3.8) is 0 Å². The average Bonchev–Trinajstić information content (AvgIpc) is 4.01. The molecule has 0 amide bonds. The van der Waals surface area contributed by atoms with Gasteiger partial charge in [-0.05, 0) is 108 Å². The van der Waals surface area contributed by atoms with Crippen LogP contribution >= 0.6 is 11.3 Å². The Bertz CT molecular complexity index is 3610. The van der Waals surface area contributed by atoms with Crippen LogP contribution in [0.3, 0.4) is 0 Å². The number of rotatable bonds is 7. The standard InChI is InChI=1S/C60H48N4OS/c1-38-33-39(2)56(41-19-10-7-11-20-41)58(55(38)40-17-8-6-9-18-40)63-37-62(49-24-13-14-25-50(49)63)43-21-16-22-44(35-43)65-45-27-28-48-52(36-45)64(54-34-42(31-32-61-54)60(3,4)5)51-30-29-47-46-23-12-15-26-53(46)66-59(47)57(48)51/h6-36H,37H2,1-5H3. The van der Waals surface area contributed by atoms with E-state index in [2.05, 4.69) is 231 Å². The fraction of sp³-hybridized carbons (Fsp3) is 0.117. The van der Waals surface area contributed by atoms with Crippen LogP contribution in [-0.2, 0) is 5.41 Å². The van der Waals surface area contributed by atoms with E-state index in [4.69, 9.17) is 9.72 Å². The van der Waals surface area contributed by atoms with Crippen LogP contribution in [0, 0.1) is 13.8 Å². The van der Waals surface area contributed by atoms with Crippen molar-refractivity contribution in [1.82, 2.24) is 9.55 Å². The third-order valence-electron chi connectivity index (χ3n) is 13.3. The molecule has 0 atom stereocenters. The van der Waals surface area contributed by atoms with Crippen LogP contribution in [0.15, 0.2) is 188 Å². The molecule has 12 rings (SSSR count). The lowest BCUT2D eigenvalue weighted by molar-refractivity contribution is 0.483. The van der Waals surface area contributed by atoms with Gasteiger partial charge in [0.1, 0.15) is 24.0 Å². The number of thiophene rings is 1. The molecule has 0 radical (unpaired) electrons. The van der Waals surface area contributed by atoms with Gasteiger partial charge >= 0.3 is 0 Å². The van der Waals surface area contributed by atoms with Gasteiger partial charge in [0.15, 0.2) is 0 Å². The largest absolute Gasteiger partial charge is 0.457 e. The van der Waals surface area contributed by atoms with E-state index >= 15 is 0 Å². The molecule has 0 fully saturated rings. The minimum atomic E-state index is -0.0330. The summed E-state index contributed by atoms with van der Waals surface area (Å²) in [7, 11) is 0. The van der Waals surface area contributed by atoms with E-state index in [1.54, 1.807) is 0 Å². The molecule has 11 aromatic rings. The van der Waals surface area contributed by atoms with Crippen molar-refractivity contribution in [1.29, 1.82) is 0 Å². The molecular formula is C60H48N4OS. The van der Waals surface area contributed by atoms with Crippen molar-refractivity contribution in [2.24, 2.45) is 0 Å². The second-order valence-electron chi connectivity index (χ2n) is 18.5. The van der Waals surface area contributed by atoms with E-state index < -0.39 is 0 Å². The molecule has 320 valence electrons. The molecule has 0 unspecified atom stereocenters. The third-order valence-corrected chi connectivity index (χ3v) is 14.5. The Kier molecular flexibility index (Phi) is 9.37. The molecule has 1 aliphatic rings. The first-order valence-electron chi connectivity index (χ1n) is 22.7. The number of pyridine rings is 1. The van der Waals surface area contributed by atoms with Crippen LogP contribution in [0.4, 0.5) is 22.7 Å². The van der Waals surface area contributed by atoms with E-state index in [1.165, 1.54) is 81.3 Å². The molecule has 0 saturated heterocycles. The summed E-state index contributed by atoms with van der Waals surface area (Å²) < 4.78 is 11.8. The number of fused-ring (bicyclic) bond motifs is 8. The second-order valence-corrected chi connectivity index (χ2v) is 19.6. The molecule has 1 aliphatic heterocycles. The van der Waals surface area contributed by atoms with E-state index in [-0.39, 0.29) is 5.41 Å². The number of hydrogen-bond donors (Lipinski definition) is 0. The Hall–Kier alpha value is -7.67. The van der Waals surface area contributed by atoms with Gasteiger partial charge in [0.25, 0.3) is 0 Å². The summed E-state index contributed by atoms with van der Waals surface area (Å²) in [5.74, 6) is 2.43. The molecule has 8 aromatic carbocycles. The molecule has 0 bridgehead atoms. The molecule has 66 heavy (non-hydrogen) atoms. The molecule has 3 aromatic heterocycles. The number of ether oxygens (including phenoxy) is 1. The SMILES string of the molecule is Cc1cc(C)c(-c2ccccc2)c(N2CN(c3cccc(Oc4ccc5c6c7sc8ccccc8c7ccc6n(-c6cc(C(C)(C)C)ccn6)c5c4)c3)c3ccccc32)c1-c1ccccc1. The summed E-state index contributed by atoms with van der Waals surface area (Å²) >= 11 is 1.86. The normalized spacial score (nSPS) is 12.8. The monoisotopic (exact) mass is 872 g/mol. The van der Waals surface area contributed by atoms with Gasteiger partial charge in [-0.3, -0.25) is 4.57 Å². The maximum atomic E-state index is 6.90. The van der Waals surface area contributed by atoms with E-state index in [1.807, 2.05) is 17.5 Å². The molecule has 0 aliphatic carbocycles. The van der Waals surface area contributed by atoms with Crippen molar-refractivity contribution in [3.8, 4) is 39.6 Å². The Labute approximate surface area is 389 Å². The maximum absolute atomic E-state index is 6.90. The number of aromatic nitrogens is 2. The summed E-state index contributed by atoms with van der Waals surface area (Å²) in [6, 6.07) is 65.5. The van der Waals surface area contributed by atoms with E-state index in [9.17, 15) is 0 Å². The topological polar surface area (TPSA) is 33.5 Å². The minimum absolute atomic E-state index is 0.0330. The fourth-order valence-electron chi connectivity index (χ4n) is 10.2. The van der Waals surface area contributed by atoms with Crippen molar-refractivity contribution in [2.45, 2.75) is 40.0 Å². The Balaban J connectivity index is 0.967. The Morgan fingerprint density at radius 3 is 1.92 bits per heavy atom. The first kappa shape index (κ1) is 39.9. The number of para-hydroxylation sites is 2. The van der Waals surface area contributed by atoms with Gasteiger partial charge in [0.2, 0.25) is 0 Å². The zero-order chi connectivity index (χ0) is 44.7. The van der Waals surface area contributed by atoms with Gasteiger partial charge in [0, 0.05) is 66.1 Å². The molecule has 4 heterocycles. The van der Waals surface area contributed by atoms with Crippen LogP contribution in [0.5, 0.6) is 11.5 Å². The number of anilines is 4. The predicted molar refractivity (Wildman–Crippen MR) is 279 cm³/mol. The summed E-state index contributed by atoms with van der Waals surface area (Å²) in [6.07, 6.45) is 1.94. The van der Waals surface area contributed by atoms with E-state index in [0.29, 0.717) is 6.67 Å². The van der Waals surface area contributed by atoms with Crippen LogP contribution in [-0.4, -0.2) is 16.2 Å². The number of nitrogens with zero attached hydrogens (tertiary/aromatic N) is 4. The minimum Gasteiger partial charge on any atom is -0.457 e. The highest BCUT2D eigenvalue weighted by atomic mass is 32.1. The predicted octanol–water partition coefficient (Wildman–Crippen LogP) is 16.8. The summed E-state index contributed by atoms with van der Waals surface area (Å²) in [6.45, 7) is 11.9. The molecule has 0 spiro atoms. The highest BCUT2D eigenvalue weighted by Gasteiger charge is 2.33. The van der Waals surface area contributed by atoms with Gasteiger partial charge in [-0.2, -0.15) is 0 Å². The lowest BCUT2D eigenvalue weighted by Gasteiger charge is -2.29. The molecule has 0 saturated carbocycles. The van der Waals surface area contributed by atoms with Gasteiger partial charge in [-0.15, -0.1) is 11.3 Å². The molecule has 6 heteroatoms. The second kappa shape index (κ2) is 15.5. The van der Waals surface area contributed by atoms with E-state index in [0.717, 1.165) is 39.7 Å². The van der Waals surface area contributed by atoms with Gasteiger partial charge in [-0.25, -0.2) is 4.98 Å². The highest BCUT2D eigenvalue weighted by molar-refractivity contribution is 7.26. The molecule has 0 N–H and O–H groups in total. The average molecular weight is 873 g/mol. The van der Waals surface area contributed by atoms with Crippen molar-refractivity contribution >= 4 is 76.1 Å². The lowest BCUT2D eigenvalue weighted by atomic mass is 9.88. The van der Waals surface area contributed by atoms with Crippen molar-refractivity contribution in [2.75, 3.05) is 16.5 Å². The first-order valence-corrected chi connectivity index (χ1v) is 23.5. The molecular weight excluding hydrogens is 825 g/mol. The quantitative estimate of drug-likeness (QED) is 0.160. The van der Waals surface area contributed by atoms with Crippen LogP contribution < -0.4 is 14.5 Å². The highest BCUT2D eigenvalue weighted by Crippen LogP contribution is 2.52. The Morgan fingerprint density at radius 1 is 0.545 bits per heavy atom. The maximum Gasteiger partial charge on any atom is 0.137 e. The summed E-state index contributed by atoms with van der Waals surface area (Å²) in [4.78, 5) is 9.93. The van der Waals surface area contributed by atoms with Gasteiger partial charge < -0.3 is 14.5 Å². The smallest absolute Gasteiger partial charge is 0.137 e. The molecule has 5 nitrogen and oxygen atoms in total. The first-order chi connectivity index (χ1) is 32.2. The lowest BCUT2D eigenvalue weighted by Crippen LogP contribution is -2.25. The van der Waals surface area contributed by atoms with Crippen LogP contribution in [0.25, 0.3) is 70.0 Å². The zero-order valence-electron chi connectivity index (χ0n) is 37.7. The van der Waals surface area contributed by atoms with Crippen LogP contribution in [0.1, 0.15) is 37.5 Å². The van der Waals surface area contributed by atoms with Crippen molar-refractivity contribution < 1.29 is 4.74 Å². The number of hydrogen-bond acceptors (Lipinski definition) is 5. The van der Waals surface area contributed by atoms with Crippen LogP contribution in [0.2, 0.25) is 0 Å². The summed E-state index contributed by atoms with van der Waals surface area (Å²) in [5, 5.41) is 4.99. The summed E-state index contributed by atoms with van der Waals surface area (Å²) in [5.41, 5.74) is 15.4.